The lowest BCUT2D eigenvalue weighted by molar-refractivity contribution is 0.0600. The molecule has 0 unspecified atom stereocenters. The zero-order chi connectivity index (χ0) is 17.6. The number of ether oxygens (including phenoxy) is 1. The molecule has 0 atom stereocenters. The SMILES string of the molecule is COC(=O)c1ccc(N/C=C/C(=O)c2ccc3ccccc3c2)cc1. The Morgan fingerprint density at radius 2 is 1.56 bits per heavy atom. The van der Waals surface area contributed by atoms with E-state index >= 15 is 0 Å². The molecule has 4 nitrogen and oxygen atoms in total. The van der Waals surface area contributed by atoms with E-state index in [-0.39, 0.29) is 11.8 Å². The average molecular weight is 331 g/mol. The van der Waals surface area contributed by atoms with Crippen LogP contribution in [0.5, 0.6) is 0 Å². The van der Waals surface area contributed by atoms with Crippen LogP contribution in [0.2, 0.25) is 0 Å². The molecule has 0 radical (unpaired) electrons. The van der Waals surface area contributed by atoms with Crippen molar-refractivity contribution < 1.29 is 14.3 Å². The van der Waals surface area contributed by atoms with Crippen molar-refractivity contribution in [2.24, 2.45) is 0 Å². The van der Waals surface area contributed by atoms with Gasteiger partial charge in [0.25, 0.3) is 0 Å². The fourth-order valence-corrected chi connectivity index (χ4v) is 2.47. The quantitative estimate of drug-likeness (QED) is 0.427. The second-order valence-corrected chi connectivity index (χ2v) is 5.47. The number of nitrogens with one attached hydrogen (secondary N) is 1. The molecule has 25 heavy (non-hydrogen) atoms. The summed E-state index contributed by atoms with van der Waals surface area (Å²) >= 11 is 0. The maximum absolute atomic E-state index is 12.3. The third kappa shape index (κ3) is 3.93. The van der Waals surface area contributed by atoms with Crippen molar-refractivity contribution in [3.8, 4) is 0 Å². The Labute approximate surface area is 145 Å². The molecule has 0 spiro atoms. The van der Waals surface area contributed by atoms with E-state index in [0.717, 1.165) is 16.5 Å². The lowest BCUT2D eigenvalue weighted by atomic mass is 10.0. The van der Waals surface area contributed by atoms with E-state index in [2.05, 4.69) is 10.1 Å². The zero-order valence-electron chi connectivity index (χ0n) is 13.7. The van der Waals surface area contributed by atoms with Gasteiger partial charge >= 0.3 is 5.97 Å². The van der Waals surface area contributed by atoms with E-state index in [1.165, 1.54) is 13.2 Å². The fourth-order valence-electron chi connectivity index (χ4n) is 2.47. The van der Waals surface area contributed by atoms with Crippen molar-refractivity contribution in [3.63, 3.8) is 0 Å². The molecule has 0 amide bonds. The maximum atomic E-state index is 12.3. The molecule has 0 aliphatic heterocycles. The second kappa shape index (κ2) is 7.45. The van der Waals surface area contributed by atoms with Gasteiger partial charge in [0.15, 0.2) is 5.78 Å². The van der Waals surface area contributed by atoms with Gasteiger partial charge in [-0.15, -0.1) is 0 Å². The first kappa shape index (κ1) is 16.5. The van der Waals surface area contributed by atoms with Gasteiger partial charge in [0.2, 0.25) is 0 Å². The first-order chi connectivity index (χ1) is 12.2. The summed E-state index contributed by atoms with van der Waals surface area (Å²) < 4.78 is 4.65. The molecule has 0 bridgehead atoms. The molecule has 3 aromatic carbocycles. The Balaban J connectivity index is 1.66. The standard InChI is InChI=1S/C21H17NO3/c1-25-21(24)16-8-10-19(11-9-16)22-13-12-20(23)18-7-6-15-4-2-3-5-17(15)14-18/h2-14,22H,1H3/b13-12+. The molecular weight excluding hydrogens is 314 g/mol. The number of fused-ring (bicyclic) bond motifs is 1. The van der Waals surface area contributed by atoms with Gasteiger partial charge in [0.1, 0.15) is 0 Å². The summed E-state index contributed by atoms with van der Waals surface area (Å²) in [5.41, 5.74) is 1.89. The molecule has 3 aromatic rings. The van der Waals surface area contributed by atoms with Crippen molar-refractivity contribution in [3.05, 3.63) is 90.1 Å². The molecule has 0 aliphatic carbocycles. The van der Waals surface area contributed by atoms with Gasteiger partial charge in [0, 0.05) is 23.5 Å². The molecule has 0 saturated heterocycles. The molecule has 1 N–H and O–H groups in total. The molecule has 0 aliphatic rings. The maximum Gasteiger partial charge on any atom is 0.337 e. The average Bonchev–Trinajstić information content (AvgIpc) is 2.67. The highest BCUT2D eigenvalue weighted by Crippen LogP contribution is 2.16. The Morgan fingerprint density at radius 1 is 0.880 bits per heavy atom. The van der Waals surface area contributed by atoms with Crippen LogP contribution in [0.15, 0.2) is 79.0 Å². The van der Waals surface area contributed by atoms with E-state index in [0.29, 0.717) is 11.1 Å². The van der Waals surface area contributed by atoms with Crippen LogP contribution in [-0.2, 0) is 4.74 Å². The zero-order valence-corrected chi connectivity index (χ0v) is 13.7. The lowest BCUT2D eigenvalue weighted by Gasteiger charge is -2.03. The summed E-state index contributed by atoms with van der Waals surface area (Å²) in [6, 6.07) is 20.4. The Kier molecular flexibility index (Phi) is 4.90. The number of benzene rings is 3. The first-order valence-corrected chi connectivity index (χ1v) is 7.82. The molecule has 0 fully saturated rings. The minimum Gasteiger partial charge on any atom is -0.465 e. The number of ketones is 1. The Morgan fingerprint density at radius 3 is 2.28 bits per heavy atom. The van der Waals surface area contributed by atoms with Crippen LogP contribution in [0.4, 0.5) is 5.69 Å². The molecule has 124 valence electrons. The lowest BCUT2D eigenvalue weighted by Crippen LogP contribution is -2.01. The second-order valence-electron chi connectivity index (χ2n) is 5.47. The topological polar surface area (TPSA) is 55.4 Å². The first-order valence-electron chi connectivity index (χ1n) is 7.82. The van der Waals surface area contributed by atoms with Gasteiger partial charge in [-0.05, 0) is 41.1 Å². The highest BCUT2D eigenvalue weighted by Gasteiger charge is 2.04. The van der Waals surface area contributed by atoms with Crippen LogP contribution in [0.25, 0.3) is 10.8 Å². The summed E-state index contributed by atoms with van der Waals surface area (Å²) in [5.74, 6) is -0.460. The Bertz CT molecular complexity index is 943. The summed E-state index contributed by atoms with van der Waals surface area (Å²) in [4.78, 5) is 23.6. The number of anilines is 1. The van der Waals surface area contributed by atoms with Gasteiger partial charge in [-0.3, -0.25) is 4.79 Å². The fraction of sp³-hybridized carbons (Fsp3) is 0.0476. The molecular formula is C21H17NO3. The van der Waals surface area contributed by atoms with Crippen LogP contribution in [-0.4, -0.2) is 18.9 Å². The predicted molar refractivity (Wildman–Crippen MR) is 98.8 cm³/mol. The highest BCUT2D eigenvalue weighted by atomic mass is 16.5. The van der Waals surface area contributed by atoms with E-state index in [1.54, 1.807) is 30.5 Å². The number of rotatable bonds is 5. The molecule has 3 rings (SSSR count). The third-order valence-electron chi connectivity index (χ3n) is 3.82. The van der Waals surface area contributed by atoms with Gasteiger partial charge in [-0.25, -0.2) is 4.79 Å². The van der Waals surface area contributed by atoms with Crippen molar-refractivity contribution >= 4 is 28.2 Å². The number of carbonyl (C=O) groups excluding carboxylic acids is 2. The molecule has 0 aromatic heterocycles. The van der Waals surface area contributed by atoms with Crippen molar-refractivity contribution in [2.45, 2.75) is 0 Å². The number of allylic oxidation sites excluding steroid dienone is 1. The van der Waals surface area contributed by atoms with Crippen molar-refractivity contribution in [2.75, 3.05) is 12.4 Å². The van der Waals surface area contributed by atoms with Crippen LogP contribution < -0.4 is 5.32 Å². The normalized spacial score (nSPS) is 10.8. The largest absolute Gasteiger partial charge is 0.465 e. The minimum absolute atomic E-state index is 0.0792. The van der Waals surface area contributed by atoms with E-state index in [9.17, 15) is 9.59 Å². The van der Waals surface area contributed by atoms with Gasteiger partial charge < -0.3 is 10.1 Å². The number of methoxy groups -OCH3 is 1. The smallest absolute Gasteiger partial charge is 0.337 e. The molecule has 4 heteroatoms. The number of carbonyl (C=O) groups is 2. The summed E-state index contributed by atoms with van der Waals surface area (Å²) in [5, 5.41) is 5.15. The van der Waals surface area contributed by atoms with Crippen molar-refractivity contribution in [1.29, 1.82) is 0 Å². The monoisotopic (exact) mass is 331 g/mol. The van der Waals surface area contributed by atoms with Gasteiger partial charge in [-0.1, -0.05) is 36.4 Å². The van der Waals surface area contributed by atoms with Crippen molar-refractivity contribution in [1.82, 2.24) is 0 Å². The van der Waals surface area contributed by atoms with Crippen LogP contribution in [0.3, 0.4) is 0 Å². The van der Waals surface area contributed by atoms with Crippen LogP contribution >= 0.6 is 0 Å². The predicted octanol–water partition coefficient (Wildman–Crippen LogP) is 4.43. The number of hydrogen-bond acceptors (Lipinski definition) is 4. The summed E-state index contributed by atoms with van der Waals surface area (Å²) in [6.45, 7) is 0. The highest BCUT2D eigenvalue weighted by molar-refractivity contribution is 6.06. The van der Waals surface area contributed by atoms with E-state index < -0.39 is 0 Å². The van der Waals surface area contributed by atoms with Gasteiger partial charge in [-0.2, -0.15) is 0 Å². The van der Waals surface area contributed by atoms with Crippen LogP contribution in [0.1, 0.15) is 20.7 Å². The molecule has 0 heterocycles. The van der Waals surface area contributed by atoms with Crippen LogP contribution in [0, 0.1) is 0 Å². The Hall–Kier alpha value is -3.40. The number of hydrogen-bond donors (Lipinski definition) is 1. The van der Waals surface area contributed by atoms with E-state index in [1.807, 2.05) is 42.5 Å². The minimum atomic E-state index is -0.381. The van der Waals surface area contributed by atoms with E-state index in [4.69, 9.17) is 0 Å². The third-order valence-corrected chi connectivity index (χ3v) is 3.82. The number of esters is 1. The summed E-state index contributed by atoms with van der Waals surface area (Å²) in [6.07, 6.45) is 3.07. The summed E-state index contributed by atoms with van der Waals surface area (Å²) in [7, 11) is 1.34. The molecule has 0 saturated carbocycles. The van der Waals surface area contributed by atoms with Gasteiger partial charge in [0.05, 0.1) is 12.7 Å².